The van der Waals surface area contributed by atoms with Crippen LogP contribution >= 0.6 is 23.5 Å². The van der Waals surface area contributed by atoms with Crippen LogP contribution in [0.4, 0.5) is 17.6 Å². The van der Waals surface area contributed by atoms with E-state index >= 15 is 0 Å². The Labute approximate surface area is 239 Å². The van der Waals surface area contributed by atoms with E-state index in [-0.39, 0.29) is 34.2 Å². The van der Waals surface area contributed by atoms with Gasteiger partial charge in [-0.3, -0.25) is 19.6 Å². The van der Waals surface area contributed by atoms with Gasteiger partial charge in [0.2, 0.25) is 11.8 Å². The molecule has 2 fully saturated rings. The van der Waals surface area contributed by atoms with Gasteiger partial charge in [-0.1, -0.05) is 63.4 Å². The molecule has 4 atom stereocenters. The molecule has 2 aliphatic heterocycles. The van der Waals surface area contributed by atoms with Crippen molar-refractivity contribution in [2.75, 3.05) is 0 Å². The SMILES string of the molecule is CC(C)[C@@H]1SC(=N[C@@H](C)c2ccc(F)cc2F)NC1=O.CC(C)[C@H]1SC(=N[C@@H](C)c2ccc(F)cc2F)NC1=O. The molecule has 0 saturated carbocycles. The van der Waals surface area contributed by atoms with E-state index < -0.39 is 35.4 Å². The number of hydrogen-bond acceptors (Lipinski definition) is 6. The molecule has 0 aromatic heterocycles. The first-order valence-electron chi connectivity index (χ1n) is 12.8. The number of aliphatic imine (C=N–C) groups is 2. The molecule has 216 valence electrons. The molecule has 6 nitrogen and oxygen atoms in total. The van der Waals surface area contributed by atoms with Gasteiger partial charge in [-0.25, -0.2) is 17.6 Å². The second kappa shape index (κ2) is 13.7. The molecule has 0 aliphatic carbocycles. The monoisotopic (exact) mass is 596 g/mol. The Kier molecular flexibility index (Phi) is 10.8. The molecule has 2 aromatic rings. The Morgan fingerprint density at radius 1 is 0.650 bits per heavy atom. The summed E-state index contributed by atoms with van der Waals surface area (Å²) in [6.07, 6.45) is 0. The Morgan fingerprint density at radius 3 is 1.27 bits per heavy atom. The van der Waals surface area contributed by atoms with Gasteiger partial charge in [0.1, 0.15) is 23.3 Å². The normalized spacial score (nSPS) is 22.4. The molecule has 0 bridgehead atoms. The number of hydrogen-bond donors (Lipinski definition) is 2. The lowest BCUT2D eigenvalue weighted by Crippen LogP contribution is -2.27. The minimum Gasteiger partial charge on any atom is -0.304 e. The standard InChI is InChI=1S/2C14H16F2N2OS/c2*1-7(2)12-13(19)18-14(20-12)17-8(3)10-5-4-9(15)6-11(10)16/h2*4-8,12H,1-3H3,(H,17,18,19)/t8-,12+;8-,12-/m00/s1. The zero-order chi connectivity index (χ0) is 29.7. The average Bonchev–Trinajstić information content (AvgIpc) is 3.40. The molecule has 12 heteroatoms. The maximum atomic E-state index is 13.7. The minimum atomic E-state index is -0.628. The topological polar surface area (TPSA) is 82.9 Å². The summed E-state index contributed by atoms with van der Waals surface area (Å²) in [4.78, 5) is 32.0. The zero-order valence-corrected chi connectivity index (χ0v) is 24.6. The highest BCUT2D eigenvalue weighted by Crippen LogP contribution is 2.30. The van der Waals surface area contributed by atoms with Crippen molar-refractivity contribution >= 4 is 45.7 Å². The number of thioether (sulfide) groups is 2. The highest BCUT2D eigenvalue weighted by Gasteiger charge is 2.34. The van der Waals surface area contributed by atoms with Gasteiger partial charge in [-0.2, -0.15) is 0 Å². The average molecular weight is 597 g/mol. The molecule has 40 heavy (non-hydrogen) atoms. The third-order valence-electron chi connectivity index (χ3n) is 6.11. The molecule has 2 aliphatic rings. The van der Waals surface area contributed by atoms with Crippen molar-refractivity contribution in [3.63, 3.8) is 0 Å². The largest absolute Gasteiger partial charge is 0.304 e. The van der Waals surface area contributed by atoms with Crippen LogP contribution in [0.5, 0.6) is 0 Å². The molecule has 2 heterocycles. The maximum absolute atomic E-state index is 13.7. The number of halogens is 4. The van der Waals surface area contributed by atoms with Crippen LogP contribution in [0.3, 0.4) is 0 Å². The predicted molar refractivity (Wildman–Crippen MR) is 153 cm³/mol. The van der Waals surface area contributed by atoms with Gasteiger partial charge in [0.05, 0.1) is 22.6 Å². The molecule has 0 radical (unpaired) electrons. The molecule has 0 spiro atoms. The molecule has 2 amide bonds. The first-order chi connectivity index (χ1) is 18.8. The minimum absolute atomic E-state index is 0.0736. The van der Waals surface area contributed by atoms with Crippen LogP contribution in [0, 0.1) is 35.1 Å². The number of rotatable bonds is 6. The van der Waals surface area contributed by atoms with Crippen LogP contribution in [0.15, 0.2) is 46.4 Å². The van der Waals surface area contributed by atoms with Crippen LogP contribution in [0.1, 0.15) is 64.8 Å². The summed E-state index contributed by atoms with van der Waals surface area (Å²) in [7, 11) is 0. The molecule has 2 aromatic carbocycles. The fraction of sp³-hybridized carbons (Fsp3) is 0.429. The lowest BCUT2D eigenvalue weighted by atomic mass is 10.1. The summed E-state index contributed by atoms with van der Waals surface area (Å²) in [5, 5.41) is 6.03. The zero-order valence-electron chi connectivity index (χ0n) is 23.0. The van der Waals surface area contributed by atoms with Crippen molar-refractivity contribution in [1.29, 1.82) is 0 Å². The Hall–Kier alpha value is -2.86. The number of amidine groups is 2. The number of nitrogens with one attached hydrogen (secondary N) is 2. The molecule has 0 unspecified atom stereocenters. The van der Waals surface area contributed by atoms with Crippen molar-refractivity contribution in [3.05, 3.63) is 70.8 Å². The van der Waals surface area contributed by atoms with Crippen molar-refractivity contribution in [1.82, 2.24) is 10.6 Å². The van der Waals surface area contributed by atoms with Gasteiger partial charge in [0.15, 0.2) is 10.3 Å². The third-order valence-corrected chi connectivity index (χ3v) is 9.00. The van der Waals surface area contributed by atoms with Crippen molar-refractivity contribution in [3.8, 4) is 0 Å². The number of benzene rings is 2. The van der Waals surface area contributed by atoms with Crippen LogP contribution < -0.4 is 10.6 Å². The lowest BCUT2D eigenvalue weighted by molar-refractivity contribution is -0.120. The van der Waals surface area contributed by atoms with Gasteiger partial charge < -0.3 is 10.6 Å². The Balaban J connectivity index is 0.000000220. The van der Waals surface area contributed by atoms with Gasteiger partial charge in [0, 0.05) is 23.3 Å². The fourth-order valence-electron chi connectivity index (χ4n) is 3.93. The first kappa shape index (κ1) is 31.7. The summed E-state index contributed by atoms with van der Waals surface area (Å²) >= 11 is 2.70. The molecule has 4 rings (SSSR count). The van der Waals surface area contributed by atoms with E-state index in [1.54, 1.807) is 13.8 Å². The highest BCUT2D eigenvalue weighted by atomic mass is 32.2. The van der Waals surface area contributed by atoms with E-state index in [4.69, 9.17) is 0 Å². The van der Waals surface area contributed by atoms with Gasteiger partial charge in [0.25, 0.3) is 0 Å². The number of nitrogens with zero attached hydrogens (tertiary/aromatic N) is 2. The third kappa shape index (κ3) is 8.09. The Morgan fingerprint density at radius 2 is 1.00 bits per heavy atom. The second-order valence-electron chi connectivity index (χ2n) is 10.1. The van der Waals surface area contributed by atoms with Crippen LogP contribution in [0.2, 0.25) is 0 Å². The molecule has 2 saturated heterocycles. The summed E-state index contributed by atoms with van der Waals surface area (Å²) in [6, 6.07) is 5.86. The van der Waals surface area contributed by atoms with Crippen molar-refractivity contribution in [2.24, 2.45) is 21.8 Å². The van der Waals surface area contributed by atoms with E-state index in [0.29, 0.717) is 21.5 Å². The summed E-state index contributed by atoms with van der Waals surface area (Å²) in [5.74, 6) is -2.24. The number of carbonyl (C=O) groups is 2. The van der Waals surface area contributed by atoms with Crippen LogP contribution in [0.25, 0.3) is 0 Å². The Bertz CT molecular complexity index is 1220. The number of carbonyl (C=O) groups excluding carboxylic acids is 2. The van der Waals surface area contributed by atoms with E-state index in [2.05, 4.69) is 20.6 Å². The smallest absolute Gasteiger partial charge is 0.239 e. The van der Waals surface area contributed by atoms with Gasteiger partial charge in [-0.05, 0) is 37.8 Å². The molecular weight excluding hydrogens is 564 g/mol. The molecule has 2 N–H and O–H groups in total. The van der Waals surface area contributed by atoms with E-state index in [0.717, 1.165) is 12.1 Å². The van der Waals surface area contributed by atoms with Crippen LogP contribution in [-0.2, 0) is 9.59 Å². The predicted octanol–water partition coefficient (Wildman–Crippen LogP) is 6.54. The second-order valence-corrected chi connectivity index (χ2v) is 12.4. The van der Waals surface area contributed by atoms with Crippen molar-refractivity contribution < 1.29 is 27.2 Å². The van der Waals surface area contributed by atoms with Crippen LogP contribution in [-0.4, -0.2) is 32.6 Å². The highest BCUT2D eigenvalue weighted by molar-refractivity contribution is 8.16. The van der Waals surface area contributed by atoms with Crippen molar-refractivity contribution in [2.45, 2.75) is 64.1 Å². The van der Waals surface area contributed by atoms with E-state index in [9.17, 15) is 27.2 Å². The maximum Gasteiger partial charge on any atom is 0.239 e. The van der Waals surface area contributed by atoms with E-state index in [1.807, 2.05) is 27.7 Å². The lowest BCUT2D eigenvalue weighted by Gasteiger charge is -2.10. The number of amides is 2. The van der Waals surface area contributed by atoms with E-state index in [1.165, 1.54) is 47.8 Å². The fourth-order valence-corrected chi connectivity index (χ4v) is 6.05. The quantitative estimate of drug-likeness (QED) is 0.371. The van der Waals surface area contributed by atoms with Gasteiger partial charge >= 0.3 is 0 Å². The summed E-state index contributed by atoms with van der Waals surface area (Å²) < 4.78 is 53.0. The van der Waals surface area contributed by atoms with Gasteiger partial charge in [-0.15, -0.1) is 0 Å². The summed E-state index contributed by atoms with van der Waals surface area (Å²) in [5.41, 5.74) is 0.614. The summed E-state index contributed by atoms with van der Waals surface area (Å²) in [6.45, 7) is 11.3. The molecular formula is C28H32F4N4O2S2. The first-order valence-corrected chi connectivity index (χ1v) is 14.5.